The summed E-state index contributed by atoms with van der Waals surface area (Å²) < 4.78 is 4.98. The van der Waals surface area contributed by atoms with Crippen LogP contribution in [-0.4, -0.2) is 31.8 Å². The minimum Gasteiger partial charge on any atom is -0.383 e. The number of aryl methyl sites for hydroxylation is 1. The van der Waals surface area contributed by atoms with Crippen LogP contribution in [-0.2, 0) is 11.3 Å². The molecule has 1 rings (SSSR count). The SMILES string of the molecule is CCCNCc1ccc(NCCOC)nc1C. The van der Waals surface area contributed by atoms with Gasteiger partial charge in [-0.25, -0.2) is 4.98 Å². The van der Waals surface area contributed by atoms with E-state index in [0.717, 1.165) is 37.6 Å². The van der Waals surface area contributed by atoms with Crippen molar-refractivity contribution >= 4 is 5.82 Å². The fraction of sp³-hybridized carbons (Fsp3) is 0.615. The lowest BCUT2D eigenvalue weighted by molar-refractivity contribution is 0.210. The minimum atomic E-state index is 0.695. The highest BCUT2D eigenvalue weighted by atomic mass is 16.5. The predicted molar refractivity (Wildman–Crippen MR) is 71.3 cm³/mol. The highest BCUT2D eigenvalue weighted by molar-refractivity contribution is 5.38. The van der Waals surface area contributed by atoms with Gasteiger partial charge in [0.2, 0.25) is 0 Å². The molecule has 0 aliphatic rings. The second-order valence-electron chi connectivity index (χ2n) is 4.04. The smallest absolute Gasteiger partial charge is 0.126 e. The van der Waals surface area contributed by atoms with Gasteiger partial charge in [-0.05, 0) is 31.5 Å². The normalized spacial score (nSPS) is 10.5. The van der Waals surface area contributed by atoms with Crippen LogP contribution in [0.5, 0.6) is 0 Å². The standard InChI is InChI=1S/C13H23N3O/c1-4-7-14-10-12-5-6-13(16-11(12)2)15-8-9-17-3/h5-6,14H,4,7-10H2,1-3H3,(H,15,16). The van der Waals surface area contributed by atoms with E-state index in [2.05, 4.69) is 28.6 Å². The summed E-state index contributed by atoms with van der Waals surface area (Å²) in [6.07, 6.45) is 1.16. The molecule has 1 aromatic heterocycles. The average Bonchev–Trinajstić information content (AvgIpc) is 2.32. The molecule has 4 heteroatoms. The maximum absolute atomic E-state index is 4.98. The fourth-order valence-corrected chi connectivity index (χ4v) is 1.56. The van der Waals surface area contributed by atoms with Gasteiger partial charge in [-0.1, -0.05) is 13.0 Å². The lowest BCUT2D eigenvalue weighted by Gasteiger charge is -2.10. The monoisotopic (exact) mass is 237 g/mol. The van der Waals surface area contributed by atoms with E-state index in [1.165, 1.54) is 5.56 Å². The summed E-state index contributed by atoms with van der Waals surface area (Å²) in [5.74, 6) is 0.916. The van der Waals surface area contributed by atoms with E-state index < -0.39 is 0 Å². The first-order chi connectivity index (χ1) is 8.27. The van der Waals surface area contributed by atoms with Crippen LogP contribution >= 0.6 is 0 Å². The molecule has 0 amide bonds. The summed E-state index contributed by atoms with van der Waals surface area (Å²) in [5, 5.41) is 6.61. The number of hydrogen-bond acceptors (Lipinski definition) is 4. The van der Waals surface area contributed by atoms with Crippen LogP contribution in [0.4, 0.5) is 5.82 Å². The van der Waals surface area contributed by atoms with E-state index in [1.807, 2.05) is 13.0 Å². The Labute approximate surface area is 104 Å². The van der Waals surface area contributed by atoms with Crippen LogP contribution in [0, 0.1) is 6.92 Å². The number of hydrogen-bond donors (Lipinski definition) is 2. The minimum absolute atomic E-state index is 0.695. The fourth-order valence-electron chi connectivity index (χ4n) is 1.56. The summed E-state index contributed by atoms with van der Waals surface area (Å²) in [4.78, 5) is 4.52. The van der Waals surface area contributed by atoms with E-state index >= 15 is 0 Å². The molecule has 0 fully saturated rings. The molecule has 0 aromatic carbocycles. The molecule has 0 radical (unpaired) electrons. The zero-order chi connectivity index (χ0) is 12.5. The Balaban J connectivity index is 2.47. The molecular weight excluding hydrogens is 214 g/mol. The van der Waals surface area contributed by atoms with E-state index in [-0.39, 0.29) is 0 Å². The van der Waals surface area contributed by atoms with E-state index in [1.54, 1.807) is 7.11 Å². The number of anilines is 1. The lowest BCUT2D eigenvalue weighted by atomic mass is 10.2. The molecule has 1 aromatic rings. The summed E-state index contributed by atoms with van der Waals surface area (Å²) in [7, 11) is 1.70. The Morgan fingerprint density at radius 1 is 1.29 bits per heavy atom. The largest absolute Gasteiger partial charge is 0.383 e. The van der Waals surface area contributed by atoms with Crippen molar-refractivity contribution in [1.29, 1.82) is 0 Å². The molecule has 0 aliphatic carbocycles. The number of nitrogens with one attached hydrogen (secondary N) is 2. The topological polar surface area (TPSA) is 46.2 Å². The van der Waals surface area contributed by atoms with Gasteiger partial charge in [0.15, 0.2) is 0 Å². The molecule has 0 atom stereocenters. The molecule has 0 unspecified atom stereocenters. The van der Waals surface area contributed by atoms with Crippen LogP contribution in [0.3, 0.4) is 0 Å². The highest BCUT2D eigenvalue weighted by Crippen LogP contribution is 2.10. The lowest BCUT2D eigenvalue weighted by Crippen LogP contribution is -2.15. The summed E-state index contributed by atoms with van der Waals surface area (Å²) >= 11 is 0. The van der Waals surface area contributed by atoms with Crippen molar-refractivity contribution in [2.45, 2.75) is 26.8 Å². The van der Waals surface area contributed by atoms with Crippen molar-refractivity contribution in [3.8, 4) is 0 Å². The zero-order valence-electron chi connectivity index (χ0n) is 11.0. The molecule has 96 valence electrons. The second kappa shape index (κ2) is 8.03. The molecule has 4 nitrogen and oxygen atoms in total. The van der Waals surface area contributed by atoms with Crippen molar-refractivity contribution in [2.75, 3.05) is 32.1 Å². The summed E-state index contributed by atoms with van der Waals surface area (Å²) in [6, 6.07) is 4.14. The summed E-state index contributed by atoms with van der Waals surface area (Å²) in [5.41, 5.74) is 2.34. The molecule has 0 saturated heterocycles. The molecule has 2 N–H and O–H groups in total. The molecule has 0 saturated carbocycles. The van der Waals surface area contributed by atoms with Crippen LogP contribution < -0.4 is 10.6 Å². The van der Waals surface area contributed by atoms with E-state index in [0.29, 0.717) is 6.61 Å². The van der Waals surface area contributed by atoms with Crippen LogP contribution in [0.2, 0.25) is 0 Å². The Bertz CT molecular complexity index is 328. The number of methoxy groups -OCH3 is 1. The first kappa shape index (κ1) is 13.9. The Morgan fingerprint density at radius 3 is 2.76 bits per heavy atom. The van der Waals surface area contributed by atoms with Gasteiger partial charge in [0.1, 0.15) is 5.82 Å². The maximum atomic E-state index is 4.98. The third kappa shape index (κ3) is 5.15. The molecule has 17 heavy (non-hydrogen) atoms. The maximum Gasteiger partial charge on any atom is 0.126 e. The van der Waals surface area contributed by atoms with Gasteiger partial charge in [-0.3, -0.25) is 0 Å². The molecule has 0 aliphatic heterocycles. The van der Waals surface area contributed by atoms with E-state index in [4.69, 9.17) is 4.74 Å². The highest BCUT2D eigenvalue weighted by Gasteiger charge is 2.01. The number of pyridine rings is 1. The number of nitrogens with zero attached hydrogens (tertiary/aromatic N) is 1. The molecule has 0 bridgehead atoms. The second-order valence-corrected chi connectivity index (χ2v) is 4.04. The van der Waals surface area contributed by atoms with Gasteiger partial charge in [-0.15, -0.1) is 0 Å². The van der Waals surface area contributed by atoms with Crippen molar-refractivity contribution in [2.24, 2.45) is 0 Å². The first-order valence-corrected chi connectivity index (χ1v) is 6.18. The quantitative estimate of drug-likeness (QED) is 0.678. The molecule has 0 spiro atoms. The van der Waals surface area contributed by atoms with Crippen LogP contribution in [0.1, 0.15) is 24.6 Å². The first-order valence-electron chi connectivity index (χ1n) is 6.18. The van der Waals surface area contributed by atoms with Crippen molar-refractivity contribution < 1.29 is 4.74 Å². The molecule has 1 heterocycles. The van der Waals surface area contributed by atoms with Gasteiger partial charge in [-0.2, -0.15) is 0 Å². The number of aromatic nitrogens is 1. The summed E-state index contributed by atoms with van der Waals surface area (Å²) in [6.45, 7) is 7.64. The Kier molecular flexibility index (Phi) is 6.58. The zero-order valence-corrected chi connectivity index (χ0v) is 11.0. The van der Waals surface area contributed by atoms with Crippen LogP contribution in [0.15, 0.2) is 12.1 Å². The number of rotatable bonds is 8. The van der Waals surface area contributed by atoms with Gasteiger partial charge in [0, 0.05) is 25.9 Å². The van der Waals surface area contributed by atoms with Gasteiger partial charge in [0.25, 0.3) is 0 Å². The van der Waals surface area contributed by atoms with Crippen molar-refractivity contribution in [3.05, 3.63) is 23.4 Å². The van der Waals surface area contributed by atoms with Gasteiger partial charge < -0.3 is 15.4 Å². The predicted octanol–water partition coefficient (Wildman–Crippen LogP) is 1.95. The van der Waals surface area contributed by atoms with Crippen molar-refractivity contribution in [3.63, 3.8) is 0 Å². The third-order valence-corrected chi connectivity index (χ3v) is 2.55. The van der Waals surface area contributed by atoms with Crippen molar-refractivity contribution in [1.82, 2.24) is 10.3 Å². The third-order valence-electron chi connectivity index (χ3n) is 2.55. The van der Waals surface area contributed by atoms with Crippen LogP contribution in [0.25, 0.3) is 0 Å². The Morgan fingerprint density at radius 2 is 2.12 bits per heavy atom. The average molecular weight is 237 g/mol. The Hall–Kier alpha value is -1.13. The number of ether oxygens (including phenoxy) is 1. The van der Waals surface area contributed by atoms with Gasteiger partial charge >= 0.3 is 0 Å². The molecular formula is C13H23N3O. The van der Waals surface area contributed by atoms with Gasteiger partial charge in [0.05, 0.1) is 6.61 Å². The van der Waals surface area contributed by atoms with E-state index in [9.17, 15) is 0 Å².